The van der Waals surface area contributed by atoms with E-state index in [2.05, 4.69) is 4.74 Å². The summed E-state index contributed by atoms with van der Waals surface area (Å²) in [5.41, 5.74) is 0. The molecule has 0 aliphatic heterocycles. The largest absolute Gasteiger partial charge is 0.359 e. The summed E-state index contributed by atoms with van der Waals surface area (Å²) >= 11 is 0. The van der Waals surface area contributed by atoms with Crippen LogP contribution in [0.1, 0.15) is 6.92 Å². The van der Waals surface area contributed by atoms with Crippen molar-refractivity contribution in [2.24, 2.45) is 0 Å². The molecule has 0 amide bonds. The van der Waals surface area contributed by atoms with Gasteiger partial charge in [-0.05, 0) is 6.92 Å². The van der Waals surface area contributed by atoms with E-state index in [-0.39, 0.29) is 19.4 Å². The maximum absolute atomic E-state index is 9.86. The molecule has 0 aromatic heterocycles. The zero-order chi connectivity index (χ0) is 7.98. The number of nitrogens with zero attached hydrogens (tertiary/aromatic N) is 1. The monoisotopic (exact) mass is 149 g/mol. The highest BCUT2D eigenvalue weighted by Gasteiger charge is 2.07. The number of ether oxygens (including phenoxy) is 2. The van der Waals surface area contributed by atoms with Gasteiger partial charge in [-0.15, -0.1) is 0 Å². The maximum Gasteiger partial charge on any atom is 0.229 e. The van der Waals surface area contributed by atoms with Crippen LogP contribution in [-0.2, 0) is 9.47 Å². The van der Waals surface area contributed by atoms with Crippen LogP contribution in [0.2, 0.25) is 0 Å². The van der Waals surface area contributed by atoms with Crippen molar-refractivity contribution in [3.63, 3.8) is 0 Å². The highest BCUT2D eigenvalue weighted by molar-refractivity contribution is 4.42. The van der Waals surface area contributed by atoms with Gasteiger partial charge in [0.1, 0.15) is 12.9 Å². The van der Waals surface area contributed by atoms with E-state index in [1.807, 2.05) is 0 Å². The van der Waals surface area contributed by atoms with Crippen LogP contribution in [0.5, 0.6) is 0 Å². The average Bonchev–Trinajstić information content (AvgIpc) is 1.82. The summed E-state index contributed by atoms with van der Waals surface area (Å²) in [5.74, 6) is 0. The van der Waals surface area contributed by atoms with Crippen molar-refractivity contribution < 1.29 is 14.4 Å². The summed E-state index contributed by atoms with van der Waals surface area (Å²) in [6, 6.07) is 0. The van der Waals surface area contributed by atoms with Gasteiger partial charge in [0.2, 0.25) is 6.54 Å². The van der Waals surface area contributed by atoms with Gasteiger partial charge in [-0.3, -0.25) is 10.1 Å². The standard InChI is InChI=1S/C5H11NO4/c1-5(3-6(7)8)10-4-9-2/h5H,3-4H2,1-2H3. The molecule has 0 aromatic rings. The second-order valence-corrected chi connectivity index (χ2v) is 1.90. The third-order valence-corrected chi connectivity index (χ3v) is 0.877. The SMILES string of the molecule is COCOC(C)C[N+](=O)[O-]. The molecule has 60 valence electrons. The highest BCUT2D eigenvalue weighted by Crippen LogP contribution is 1.89. The number of rotatable bonds is 5. The molecule has 5 heteroatoms. The van der Waals surface area contributed by atoms with Crippen LogP contribution in [0.3, 0.4) is 0 Å². The van der Waals surface area contributed by atoms with Gasteiger partial charge in [0.15, 0.2) is 0 Å². The van der Waals surface area contributed by atoms with Gasteiger partial charge in [0.05, 0.1) is 0 Å². The summed E-state index contributed by atoms with van der Waals surface area (Å²) in [6.07, 6.45) is -0.380. The zero-order valence-electron chi connectivity index (χ0n) is 6.07. The summed E-state index contributed by atoms with van der Waals surface area (Å²) in [6.45, 7) is 1.56. The van der Waals surface area contributed by atoms with Crippen LogP contribution in [0, 0.1) is 10.1 Å². The van der Waals surface area contributed by atoms with Gasteiger partial charge in [0, 0.05) is 12.0 Å². The predicted molar refractivity (Wildman–Crippen MR) is 34.3 cm³/mol. The van der Waals surface area contributed by atoms with Gasteiger partial charge < -0.3 is 9.47 Å². The molecule has 0 spiro atoms. The highest BCUT2D eigenvalue weighted by atomic mass is 16.7. The van der Waals surface area contributed by atoms with Crippen LogP contribution >= 0.6 is 0 Å². The predicted octanol–water partition coefficient (Wildman–Crippen LogP) is 0.272. The van der Waals surface area contributed by atoms with E-state index in [0.717, 1.165) is 0 Å². The summed E-state index contributed by atoms with van der Waals surface area (Å²) in [4.78, 5) is 9.44. The number of nitro groups is 1. The molecule has 0 saturated heterocycles. The van der Waals surface area contributed by atoms with Crippen molar-refractivity contribution in [2.45, 2.75) is 13.0 Å². The Labute approximate surface area is 59.1 Å². The van der Waals surface area contributed by atoms with Crippen LogP contribution in [0.15, 0.2) is 0 Å². The fourth-order valence-corrected chi connectivity index (χ4v) is 0.447. The molecule has 0 fully saturated rings. The van der Waals surface area contributed by atoms with Gasteiger partial charge in [-0.1, -0.05) is 0 Å². The first-order chi connectivity index (χ1) is 4.66. The van der Waals surface area contributed by atoms with E-state index in [0.29, 0.717) is 0 Å². The molecule has 0 heterocycles. The second kappa shape index (κ2) is 5.13. The van der Waals surface area contributed by atoms with Crippen molar-refractivity contribution in [2.75, 3.05) is 20.4 Å². The third-order valence-electron chi connectivity index (χ3n) is 0.877. The zero-order valence-corrected chi connectivity index (χ0v) is 6.07. The van der Waals surface area contributed by atoms with E-state index in [1.165, 1.54) is 7.11 Å². The molecule has 0 bridgehead atoms. The minimum absolute atomic E-state index is 0.106. The Morgan fingerprint density at radius 1 is 1.70 bits per heavy atom. The summed E-state index contributed by atoms with van der Waals surface area (Å²) < 4.78 is 9.39. The molecule has 0 aliphatic carbocycles. The van der Waals surface area contributed by atoms with Crippen molar-refractivity contribution in [1.29, 1.82) is 0 Å². The third kappa shape index (κ3) is 5.46. The molecule has 0 aromatic carbocycles. The van der Waals surface area contributed by atoms with Crippen molar-refractivity contribution in [3.05, 3.63) is 10.1 Å². The van der Waals surface area contributed by atoms with E-state index < -0.39 is 4.92 Å². The Bertz CT molecular complexity index is 106. The Balaban J connectivity index is 3.25. The topological polar surface area (TPSA) is 61.6 Å². The summed E-state index contributed by atoms with van der Waals surface area (Å²) in [7, 11) is 1.47. The molecule has 1 atom stereocenters. The van der Waals surface area contributed by atoms with Crippen LogP contribution in [0.25, 0.3) is 0 Å². The van der Waals surface area contributed by atoms with Gasteiger partial charge in [-0.25, -0.2) is 0 Å². The average molecular weight is 149 g/mol. The fourth-order valence-electron chi connectivity index (χ4n) is 0.447. The van der Waals surface area contributed by atoms with Crippen LogP contribution < -0.4 is 0 Å². The van der Waals surface area contributed by atoms with E-state index in [4.69, 9.17) is 4.74 Å². The van der Waals surface area contributed by atoms with Crippen molar-refractivity contribution >= 4 is 0 Å². The van der Waals surface area contributed by atoms with Gasteiger partial charge in [0.25, 0.3) is 0 Å². The quantitative estimate of drug-likeness (QED) is 0.320. The molecule has 0 rings (SSSR count). The first-order valence-corrected chi connectivity index (χ1v) is 2.89. The van der Waals surface area contributed by atoms with Gasteiger partial charge in [-0.2, -0.15) is 0 Å². The molecule has 0 radical (unpaired) electrons. The molecule has 0 aliphatic rings. The van der Waals surface area contributed by atoms with Crippen molar-refractivity contribution in [1.82, 2.24) is 0 Å². The van der Waals surface area contributed by atoms with E-state index in [9.17, 15) is 10.1 Å². The summed E-state index contributed by atoms with van der Waals surface area (Å²) in [5, 5.41) is 9.86. The smallest absolute Gasteiger partial charge is 0.229 e. The molecule has 10 heavy (non-hydrogen) atoms. The van der Waals surface area contributed by atoms with Crippen molar-refractivity contribution in [3.8, 4) is 0 Å². The Morgan fingerprint density at radius 2 is 2.30 bits per heavy atom. The lowest BCUT2D eigenvalue weighted by atomic mass is 10.4. The molecule has 1 unspecified atom stereocenters. The first-order valence-electron chi connectivity index (χ1n) is 2.89. The lowest BCUT2D eigenvalue weighted by Crippen LogP contribution is -2.20. The normalized spacial score (nSPS) is 13.0. The minimum Gasteiger partial charge on any atom is -0.359 e. The van der Waals surface area contributed by atoms with E-state index in [1.54, 1.807) is 6.92 Å². The Kier molecular flexibility index (Phi) is 4.78. The lowest BCUT2D eigenvalue weighted by molar-refractivity contribution is -0.491. The lowest BCUT2D eigenvalue weighted by Gasteiger charge is -2.06. The molecular formula is C5H11NO4. The minimum atomic E-state index is -0.416. The Hall–Kier alpha value is -0.680. The second-order valence-electron chi connectivity index (χ2n) is 1.90. The van der Waals surface area contributed by atoms with Crippen LogP contribution in [-0.4, -0.2) is 31.5 Å². The van der Waals surface area contributed by atoms with E-state index >= 15 is 0 Å². The molecule has 0 saturated carbocycles. The first kappa shape index (κ1) is 9.32. The Morgan fingerprint density at radius 3 is 2.70 bits per heavy atom. The maximum atomic E-state index is 9.86. The number of hydrogen-bond acceptors (Lipinski definition) is 4. The van der Waals surface area contributed by atoms with Gasteiger partial charge >= 0.3 is 0 Å². The fraction of sp³-hybridized carbons (Fsp3) is 1.00. The molecule has 0 N–H and O–H groups in total. The molecule has 5 nitrogen and oxygen atoms in total. The molecular weight excluding hydrogens is 138 g/mol. The number of methoxy groups -OCH3 is 1. The number of hydrogen-bond donors (Lipinski definition) is 0. The van der Waals surface area contributed by atoms with Crippen LogP contribution in [0.4, 0.5) is 0 Å².